The third-order valence-corrected chi connectivity index (χ3v) is 3.41. The van der Waals surface area contributed by atoms with Crippen molar-refractivity contribution in [1.82, 2.24) is 0 Å². The van der Waals surface area contributed by atoms with Gasteiger partial charge in [0, 0.05) is 5.57 Å². The Morgan fingerprint density at radius 2 is 1.88 bits per heavy atom. The lowest BCUT2D eigenvalue weighted by atomic mass is 9.94. The van der Waals surface area contributed by atoms with Crippen molar-refractivity contribution in [3.63, 3.8) is 0 Å². The molecule has 0 aromatic rings. The number of aliphatic hydroxyl groups is 2. The first-order valence-electron chi connectivity index (χ1n) is 6.02. The van der Waals surface area contributed by atoms with E-state index >= 15 is 0 Å². The Labute approximate surface area is 96.2 Å². The lowest BCUT2D eigenvalue weighted by Crippen LogP contribution is -2.26. The highest BCUT2D eigenvalue weighted by Gasteiger charge is 2.21. The van der Waals surface area contributed by atoms with Gasteiger partial charge in [0.05, 0.1) is 11.8 Å². The van der Waals surface area contributed by atoms with Gasteiger partial charge in [0.2, 0.25) is 0 Å². The predicted molar refractivity (Wildman–Crippen MR) is 64.8 cm³/mol. The average Bonchev–Trinajstić information content (AvgIpc) is 2.31. The lowest BCUT2D eigenvalue weighted by Gasteiger charge is -2.22. The van der Waals surface area contributed by atoms with Crippen LogP contribution in [-0.2, 0) is 0 Å². The first kappa shape index (κ1) is 11.4. The molecule has 0 aliphatic heterocycles. The molecule has 1 atom stereocenters. The van der Waals surface area contributed by atoms with Crippen LogP contribution in [0.2, 0.25) is 0 Å². The third kappa shape index (κ3) is 2.35. The van der Waals surface area contributed by atoms with E-state index in [-0.39, 0.29) is 5.76 Å². The summed E-state index contributed by atoms with van der Waals surface area (Å²) in [6.07, 6.45) is 8.64. The van der Waals surface area contributed by atoms with Crippen molar-refractivity contribution in [3.8, 4) is 0 Å². The fourth-order valence-electron chi connectivity index (χ4n) is 2.28. The number of hydrogen-bond donors (Lipinski definition) is 2. The van der Waals surface area contributed by atoms with Crippen molar-refractivity contribution in [2.75, 3.05) is 0 Å². The second kappa shape index (κ2) is 4.83. The smallest absolute Gasteiger partial charge is 0.120 e. The zero-order valence-corrected chi connectivity index (χ0v) is 9.69. The highest BCUT2D eigenvalue weighted by atomic mass is 16.3. The first-order valence-corrected chi connectivity index (χ1v) is 6.02. The Kier molecular flexibility index (Phi) is 3.44. The molecule has 2 aliphatic rings. The monoisotopic (exact) mass is 221 g/mol. The Bertz CT molecular complexity index is 349. The van der Waals surface area contributed by atoms with Gasteiger partial charge in [-0.25, -0.2) is 0 Å². The summed E-state index contributed by atoms with van der Waals surface area (Å²) in [5, 5.41) is 19.4. The van der Waals surface area contributed by atoms with E-state index in [1.165, 1.54) is 19.3 Å². The fraction of sp³-hybridized carbons (Fsp3) is 0.615. The van der Waals surface area contributed by atoms with E-state index in [1.807, 2.05) is 0 Å². The molecule has 0 amide bonds. The highest BCUT2D eigenvalue weighted by Crippen LogP contribution is 2.23. The van der Waals surface area contributed by atoms with Gasteiger partial charge in [0.1, 0.15) is 11.9 Å². The molecular formula is C13H19NO2. The first-order chi connectivity index (χ1) is 7.68. The summed E-state index contributed by atoms with van der Waals surface area (Å²) in [5.41, 5.74) is 1.29. The standard InChI is InChI=1S/C13H19NO2/c1-9-12(15)8-7-11(13(9)16)14-10-5-3-2-4-6-10/h7-8,10,13,15-16H,2-6H2,1H3. The van der Waals surface area contributed by atoms with Crippen LogP contribution < -0.4 is 0 Å². The molecule has 16 heavy (non-hydrogen) atoms. The van der Waals surface area contributed by atoms with Crippen molar-refractivity contribution in [2.24, 2.45) is 4.99 Å². The van der Waals surface area contributed by atoms with E-state index in [4.69, 9.17) is 0 Å². The predicted octanol–water partition coefficient (Wildman–Crippen LogP) is 2.52. The highest BCUT2D eigenvalue weighted by molar-refractivity contribution is 6.02. The van der Waals surface area contributed by atoms with Crippen LogP contribution in [0.3, 0.4) is 0 Å². The van der Waals surface area contributed by atoms with Gasteiger partial charge < -0.3 is 10.2 Å². The molecule has 3 heteroatoms. The van der Waals surface area contributed by atoms with E-state index in [2.05, 4.69) is 4.99 Å². The molecule has 1 fully saturated rings. The van der Waals surface area contributed by atoms with Gasteiger partial charge in [-0.1, -0.05) is 19.3 Å². The Balaban J connectivity index is 2.10. The fourth-order valence-corrected chi connectivity index (χ4v) is 2.28. The molecule has 0 spiro atoms. The van der Waals surface area contributed by atoms with Crippen LogP contribution in [0.25, 0.3) is 0 Å². The van der Waals surface area contributed by atoms with E-state index in [9.17, 15) is 10.2 Å². The number of nitrogens with zero attached hydrogens (tertiary/aromatic N) is 1. The quantitative estimate of drug-likeness (QED) is 0.715. The van der Waals surface area contributed by atoms with Gasteiger partial charge in [-0.3, -0.25) is 4.99 Å². The number of rotatable bonds is 1. The van der Waals surface area contributed by atoms with Crippen LogP contribution >= 0.6 is 0 Å². The average molecular weight is 221 g/mol. The molecule has 0 heterocycles. The van der Waals surface area contributed by atoms with E-state index in [0.29, 0.717) is 17.3 Å². The second-order valence-corrected chi connectivity index (χ2v) is 4.65. The van der Waals surface area contributed by atoms with Crippen LogP contribution in [0.5, 0.6) is 0 Å². The van der Waals surface area contributed by atoms with Crippen molar-refractivity contribution in [1.29, 1.82) is 0 Å². The number of allylic oxidation sites excluding steroid dienone is 1. The molecule has 2 N–H and O–H groups in total. The molecule has 1 unspecified atom stereocenters. The maximum Gasteiger partial charge on any atom is 0.120 e. The Morgan fingerprint density at radius 1 is 1.19 bits per heavy atom. The van der Waals surface area contributed by atoms with Crippen molar-refractivity contribution in [3.05, 3.63) is 23.5 Å². The van der Waals surface area contributed by atoms with E-state index < -0.39 is 6.10 Å². The number of aliphatic imine (C=N–C) groups is 1. The minimum absolute atomic E-state index is 0.162. The third-order valence-electron chi connectivity index (χ3n) is 3.41. The van der Waals surface area contributed by atoms with Crippen molar-refractivity contribution < 1.29 is 10.2 Å². The second-order valence-electron chi connectivity index (χ2n) is 4.65. The summed E-state index contributed by atoms with van der Waals surface area (Å²) < 4.78 is 0. The molecule has 0 saturated heterocycles. The van der Waals surface area contributed by atoms with E-state index in [1.54, 1.807) is 19.1 Å². The summed E-state index contributed by atoms with van der Waals surface area (Å²) in [6.45, 7) is 1.74. The molecule has 3 nitrogen and oxygen atoms in total. The van der Waals surface area contributed by atoms with Crippen LogP contribution in [0.4, 0.5) is 0 Å². The zero-order chi connectivity index (χ0) is 11.5. The molecule has 2 rings (SSSR count). The summed E-state index contributed by atoms with van der Waals surface area (Å²) in [7, 11) is 0. The molecule has 0 radical (unpaired) electrons. The number of aliphatic hydroxyl groups excluding tert-OH is 2. The molecule has 1 saturated carbocycles. The molecule has 2 aliphatic carbocycles. The summed E-state index contributed by atoms with van der Waals surface area (Å²) >= 11 is 0. The van der Waals surface area contributed by atoms with Crippen LogP contribution in [0.1, 0.15) is 39.0 Å². The minimum atomic E-state index is -0.730. The van der Waals surface area contributed by atoms with Crippen molar-refractivity contribution in [2.45, 2.75) is 51.2 Å². The van der Waals surface area contributed by atoms with Gasteiger partial charge in [-0.2, -0.15) is 0 Å². The normalized spacial score (nSPS) is 30.1. The van der Waals surface area contributed by atoms with Gasteiger partial charge in [-0.05, 0) is 31.9 Å². The molecular weight excluding hydrogens is 202 g/mol. The van der Waals surface area contributed by atoms with E-state index in [0.717, 1.165) is 12.8 Å². The largest absolute Gasteiger partial charge is 0.508 e. The van der Waals surface area contributed by atoms with Crippen LogP contribution in [-0.4, -0.2) is 28.1 Å². The SMILES string of the molecule is CC1=C(O)C=CC(=NC2CCCCC2)C1O. The summed E-state index contributed by atoms with van der Waals surface area (Å²) in [5.74, 6) is 0.162. The molecule has 0 aromatic carbocycles. The Hall–Kier alpha value is -1.09. The van der Waals surface area contributed by atoms with Crippen LogP contribution in [0.15, 0.2) is 28.5 Å². The summed E-state index contributed by atoms with van der Waals surface area (Å²) in [6, 6.07) is 0.357. The van der Waals surface area contributed by atoms with Gasteiger partial charge in [0.15, 0.2) is 0 Å². The lowest BCUT2D eigenvalue weighted by molar-refractivity contribution is 0.265. The van der Waals surface area contributed by atoms with Gasteiger partial charge in [-0.15, -0.1) is 0 Å². The maximum absolute atomic E-state index is 9.94. The van der Waals surface area contributed by atoms with Crippen LogP contribution in [0, 0.1) is 0 Å². The van der Waals surface area contributed by atoms with Gasteiger partial charge in [0.25, 0.3) is 0 Å². The topological polar surface area (TPSA) is 52.8 Å². The molecule has 0 aromatic heterocycles. The maximum atomic E-state index is 9.94. The number of hydrogen-bond acceptors (Lipinski definition) is 3. The van der Waals surface area contributed by atoms with Crippen molar-refractivity contribution >= 4 is 5.71 Å². The van der Waals surface area contributed by atoms with Gasteiger partial charge >= 0.3 is 0 Å². The molecule has 88 valence electrons. The summed E-state index contributed by atoms with van der Waals surface area (Å²) in [4.78, 5) is 4.60. The Morgan fingerprint density at radius 3 is 2.56 bits per heavy atom. The minimum Gasteiger partial charge on any atom is -0.508 e. The zero-order valence-electron chi connectivity index (χ0n) is 9.69. The molecule has 0 bridgehead atoms.